The molecule has 4 rings (SSSR count). The summed E-state index contributed by atoms with van der Waals surface area (Å²) < 4.78 is 5.81. The molecule has 0 spiro atoms. The second-order valence-corrected chi connectivity index (χ2v) is 7.05. The zero-order chi connectivity index (χ0) is 17.2. The van der Waals surface area contributed by atoms with Gasteiger partial charge in [0.2, 0.25) is 0 Å². The SMILES string of the molecule is Cc1ccc(C2CCCCCN2C(=O)Nc2ccc(C3CC3)nn2)o1. The van der Waals surface area contributed by atoms with Gasteiger partial charge in [-0.3, -0.25) is 5.32 Å². The Labute approximate surface area is 147 Å². The van der Waals surface area contributed by atoms with E-state index in [0.29, 0.717) is 11.7 Å². The van der Waals surface area contributed by atoms with Crippen molar-refractivity contribution in [2.75, 3.05) is 11.9 Å². The molecule has 132 valence electrons. The van der Waals surface area contributed by atoms with E-state index in [2.05, 4.69) is 15.5 Å². The summed E-state index contributed by atoms with van der Waals surface area (Å²) >= 11 is 0. The van der Waals surface area contributed by atoms with Crippen LogP contribution in [0.15, 0.2) is 28.7 Å². The van der Waals surface area contributed by atoms with Crippen LogP contribution in [0, 0.1) is 6.92 Å². The number of nitrogens with one attached hydrogen (secondary N) is 1. The number of carbonyl (C=O) groups excluding carboxylic acids is 1. The molecule has 1 unspecified atom stereocenters. The Morgan fingerprint density at radius 1 is 1.12 bits per heavy atom. The van der Waals surface area contributed by atoms with Crippen LogP contribution < -0.4 is 5.32 Å². The van der Waals surface area contributed by atoms with Crippen molar-refractivity contribution >= 4 is 11.8 Å². The molecular weight excluding hydrogens is 316 g/mol. The molecule has 1 aliphatic carbocycles. The van der Waals surface area contributed by atoms with Crippen molar-refractivity contribution in [1.82, 2.24) is 15.1 Å². The van der Waals surface area contributed by atoms with E-state index in [1.807, 2.05) is 36.1 Å². The average molecular weight is 340 g/mol. The molecule has 1 aliphatic heterocycles. The molecule has 25 heavy (non-hydrogen) atoms. The highest BCUT2D eigenvalue weighted by Crippen LogP contribution is 2.38. The van der Waals surface area contributed by atoms with Gasteiger partial charge in [0.15, 0.2) is 5.82 Å². The predicted molar refractivity (Wildman–Crippen MR) is 94.4 cm³/mol. The van der Waals surface area contributed by atoms with E-state index in [9.17, 15) is 4.79 Å². The van der Waals surface area contributed by atoms with Crippen LogP contribution in [0.5, 0.6) is 0 Å². The normalized spacial score (nSPS) is 21.0. The lowest BCUT2D eigenvalue weighted by molar-refractivity contribution is 0.178. The van der Waals surface area contributed by atoms with Crippen LogP contribution in [0.3, 0.4) is 0 Å². The lowest BCUT2D eigenvalue weighted by Crippen LogP contribution is -2.38. The van der Waals surface area contributed by atoms with Crippen molar-refractivity contribution in [3.63, 3.8) is 0 Å². The Balaban J connectivity index is 1.49. The number of urea groups is 1. The summed E-state index contributed by atoms with van der Waals surface area (Å²) in [6.45, 7) is 2.66. The predicted octanol–water partition coefficient (Wildman–Crippen LogP) is 4.40. The van der Waals surface area contributed by atoms with Crippen LogP contribution in [0.4, 0.5) is 10.6 Å². The second-order valence-electron chi connectivity index (χ2n) is 7.05. The number of carbonyl (C=O) groups is 1. The van der Waals surface area contributed by atoms with Gasteiger partial charge in [-0.2, -0.15) is 5.10 Å². The first-order valence-corrected chi connectivity index (χ1v) is 9.18. The molecule has 2 fully saturated rings. The van der Waals surface area contributed by atoms with Crippen molar-refractivity contribution < 1.29 is 9.21 Å². The van der Waals surface area contributed by atoms with Crippen molar-refractivity contribution in [2.45, 2.75) is 57.4 Å². The summed E-state index contributed by atoms with van der Waals surface area (Å²) in [5.74, 6) is 2.81. The van der Waals surface area contributed by atoms with Crippen LogP contribution in [0.1, 0.15) is 67.7 Å². The molecule has 3 heterocycles. The van der Waals surface area contributed by atoms with Gasteiger partial charge < -0.3 is 9.32 Å². The van der Waals surface area contributed by atoms with Gasteiger partial charge in [0, 0.05) is 12.5 Å². The summed E-state index contributed by atoms with van der Waals surface area (Å²) in [5, 5.41) is 11.3. The third-order valence-corrected chi connectivity index (χ3v) is 5.02. The molecule has 1 atom stereocenters. The van der Waals surface area contributed by atoms with Gasteiger partial charge in [-0.15, -0.1) is 5.10 Å². The number of amides is 2. The van der Waals surface area contributed by atoms with E-state index in [-0.39, 0.29) is 12.1 Å². The monoisotopic (exact) mass is 340 g/mol. The quantitative estimate of drug-likeness (QED) is 0.898. The van der Waals surface area contributed by atoms with E-state index in [4.69, 9.17) is 4.42 Å². The minimum absolute atomic E-state index is 0.0186. The van der Waals surface area contributed by atoms with Gasteiger partial charge >= 0.3 is 6.03 Å². The lowest BCUT2D eigenvalue weighted by Gasteiger charge is -2.28. The number of aromatic nitrogens is 2. The maximum atomic E-state index is 12.8. The standard InChI is InChI=1S/C19H24N4O2/c1-13-6-10-17(25-13)16-5-3-2-4-12-23(16)19(24)20-18-11-9-15(21-22-18)14-7-8-14/h6,9-11,14,16H,2-5,7-8,12H2,1H3,(H,20,22,24). The van der Waals surface area contributed by atoms with Gasteiger partial charge in [0.25, 0.3) is 0 Å². The number of likely N-dealkylation sites (tertiary alicyclic amines) is 1. The zero-order valence-electron chi connectivity index (χ0n) is 14.6. The fourth-order valence-electron chi connectivity index (χ4n) is 3.47. The highest BCUT2D eigenvalue weighted by molar-refractivity contribution is 5.88. The number of rotatable bonds is 3. The molecule has 1 saturated heterocycles. The number of hydrogen-bond acceptors (Lipinski definition) is 4. The van der Waals surface area contributed by atoms with Gasteiger partial charge in [-0.1, -0.05) is 12.8 Å². The van der Waals surface area contributed by atoms with Crippen LogP contribution in [0.25, 0.3) is 0 Å². The largest absolute Gasteiger partial charge is 0.464 e. The van der Waals surface area contributed by atoms with Crippen molar-refractivity contribution in [1.29, 1.82) is 0 Å². The van der Waals surface area contributed by atoms with E-state index in [1.165, 1.54) is 12.8 Å². The fraction of sp³-hybridized carbons (Fsp3) is 0.526. The first-order chi connectivity index (χ1) is 12.2. The van der Waals surface area contributed by atoms with Gasteiger partial charge in [0.1, 0.15) is 11.5 Å². The van der Waals surface area contributed by atoms with E-state index < -0.39 is 0 Å². The minimum Gasteiger partial charge on any atom is -0.464 e. The lowest BCUT2D eigenvalue weighted by atomic mass is 10.1. The van der Waals surface area contributed by atoms with Crippen LogP contribution in [0.2, 0.25) is 0 Å². The Morgan fingerprint density at radius 3 is 2.68 bits per heavy atom. The van der Waals surface area contributed by atoms with Gasteiger partial charge in [-0.25, -0.2) is 4.79 Å². The summed E-state index contributed by atoms with van der Waals surface area (Å²) in [6.07, 6.45) is 6.55. The first-order valence-electron chi connectivity index (χ1n) is 9.18. The summed E-state index contributed by atoms with van der Waals surface area (Å²) in [6, 6.07) is 7.61. The van der Waals surface area contributed by atoms with Crippen LogP contribution in [-0.2, 0) is 0 Å². The number of hydrogen-bond donors (Lipinski definition) is 1. The Bertz CT molecular complexity index is 736. The minimum atomic E-state index is -0.130. The smallest absolute Gasteiger partial charge is 0.323 e. The first kappa shape index (κ1) is 16.1. The number of nitrogens with zero attached hydrogens (tertiary/aromatic N) is 3. The summed E-state index contributed by atoms with van der Waals surface area (Å²) in [5.41, 5.74) is 1.02. The average Bonchev–Trinajstić information content (AvgIpc) is 3.41. The third-order valence-electron chi connectivity index (χ3n) is 5.02. The zero-order valence-corrected chi connectivity index (χ0v) is 14.6. The Kier molecular flexibility index (Phi) is 4.42. The number of aryl methyl sites for hydroxylation is 1. The molecular formula is C19H24N4O2. The highest BCUT2D eigenvalue weighted by atomic mass is 16.3. The third kappa shape index (κ3) is 3.67. The molecule has 2 amide bonds. The number of furan rings is 1. The van der Waals surface area contributed by atoms with E-state index >= 15 is 0 Å². The van der Waals surface area contributed by atoms with Crippen molar-refractivity contribution in [2.24, 2.45) is 0 Å². The molecule has 0 bridgehead atoms. The topological polar surface area (TPSA) is 71.3 Å². The van der Waals surface area contributed by atoms with E-state index in [0.717, 1.165) is 49.4 Å². The molecule has 0 aromatic carbocycles. The summed E-state index contributed by atoms with van der Waals surface area (Å²) in [7, 11) is 0. The molecule has 0 radical (unpaired) electrons. The molecule has 2 aromatic rings. The fourth-order valence-corrected chi connectivity index (χ4v) is 3.47. The van der Waals surface area contributed by atoms with Crippen LogP contribution >= 0.6 is 0 Å². The van der Waals surface area contributed by atoms with Crippen LogP contribution in [-0.4, -0.2) is 27.7 Å². The van der Waals surface area contributed by atoms with Crippen molar-refractivity contribution in [3.8, 4) is 0 Å². The number of anilines is 1. The molecule has 1 saturated carbocycles. The maximum absolute atomic E-state index is 12.8. The molecule has 1 N–H and O–H groups in total. The summed E-state index contributed by atoms with van der Waals surface area (Å²) in [4.78, 5) is 14.7. The molecule has 6 nitrogen and oxygen atoms in total. The van der Waals surface area contributed by atoms with Gasteiger partial charge in [-0.05, 0) is 56.9 Å². The molecule has 6 heteroatoms. The Hall–Kier alpha value is -2.37. The molecule has 2 aromatic heterocycles. The van der Waals surface area contributed by atoms with Gasteiger partial charge in [0.05, 0.1) is 11.7 Å². The molecule has 2 aliphatic rings. The second kappa shape index (κ2) is 6.86. The highest BCUT2D eigenvalue weighted by Gasteiger charge is 2.29. The maximum Gasteiger partial charge on any atom is 0.323 e. The van der Waals surface area contributed by atoms with Crippen molar-refractivity contribution in [3.05, 3.63) is 41.5 Å². The Morgan fingerprint density at radius 2 is 2.00 bits per heavy atom. The van der Waals surface area contributed by atoms with E-state index in [1.54, 1.807) is 0 Å².